The smallest absolute Gasteiger partial charge is 0.328 e. The van der Waals surface area contributed by atoms with Crippen LogP contribution in [0, 0.1) is 12.8 Å². The Morgan fingerprint density at radius 3 is 2.59 bits per heavy atom. The number of hydrogen-bond acceptors (Lipinski definition) is 4. The Labute approximate surface area is 135 Å². The maximum absolute atomic E-state index is 11.9. The topological polar surface area (TPSA) is 64.6 Å². The van der Waals surface area contributed by atoms with Gasteiger partial charge >= 0.3 is 5.97 Å². The van der Waals surface area contributed by atoms with Gasteiger partial charge in [-0.3, -0.25) is 4.79 Å². The molecule has 0 aromatic heterocycles. The number of rotatable bonds is 7. The molecular formula is C16H22ClNO4. The summed E-state index contributed by atoms with van der Waals surface area (Å²) < 4.78 is 10.1. The molecule has 0 aliphatic heterocycles. The third-order valence-corrected chi connectivity index (χ3v) is 3.51. The summed E-state index contributed by atoms with van der Waals surface area (Å²) in [6.07, 6.45) is 0.509. The second kappa shape index (κ2) is 8.63. The monoisotopic (exact) mass is 327 g/mol. The lowest BCUT2D eigenvalue weighted by atomic mass is 10.0. The molecule has 0 saturated heterocycles. The van der Waals surface area contributed by atoms with Crippen LogP contribution in [0.25, 0.3) is 0 Å². The molecule has 0 fully saturated rings. The molecule has 0 aliphatic carbocycles. The Hall–Kier alpha value is -1.75. The summed E-state index contributed by atoms with van der Waals surface area (Å²) in [5, 5.41) is 3.21. The zero-order chi connectivity index (χ0) is 16.7. The third-order valence-electron chi connectivity index (χ3n) is 3.10. The predicted octanol–water partition coefficient (Wildman–Crippen LogP) is 2.73. The highest BCUT2D eigenvalue weighted by Crippen LogP contribution is 2.24. The fraction of sp³-hybridized carbons (Fsp3) is 0.500. The number of esters is 1. The molecule has 1 aromatic carbocycles. The van der Waals surface area contributed by atoms with E-state index in [0.717, 1.165) is 5.56 Å². The number of ether oxygens (including phenoxy) is 2. The van der Waals surface area contributed by atoms with Crippen LogP contribution in [0.3, 0.4) is 0 Å². The van der Waals surface area contributed by atoms with Gasteiger partial charge in [0, 0.05) is 10.6 Å². The van der Waals surface area contributed by atoms with E-state index in [-0.39, 0.29) is 18.4 Å². The molecular weight excluding hydrogens is 306 g/mol. The third kappa shape index (κ3) is 5.56. The van der Waals surface area contributed by atoms with Crippen LogP contribution in [0.1, 0.15) is 25.8 Å². The van der Waals surface area contributed by atoms with Crippen molar-refractivity contribution in [1.82, 2.24) is 5.32 Å². The molecule has 1 rings (SSSR count). The van der Waals surface area contributed by atoms with Gasteiger partial charge < -0.3 is 14.8 Å². The molecule has 1 atom stereocenters. The Bertz CT molecular complexity index is 531. The second-order valence-electron chi connectivity index (χ2n) is 5.42. The molecule has 122 valence electrons. The van der Waals surface area contributed by atoms with Crippen LogP contribution in [0.5, 0.6) is 5.75 Å². The minimum Gasteiger partial charge on any atom is -0.483 e. The van der Waals surface area contributed by atoms with Gasteiger partial charge in [0.1, 0.15) is 11.8 Å². The van der Waals surface area contributed by atoms with Crippen molar-refractivity contribution in [3.63, 3.8) is 0 Å². The molecule has 0 radical (unpaired) electrons. The summed E-state index contributed by atoms with van der Waals surface area (Å²) in [7, 11) is 1.30. The standard InChI is InChI=1S/C16H22ClNO4/c1-10(2)8-13(16(20)21-4)18-15(19)9-22-14-7-5-6-12(17)11(14)3/h5-7,10,13H,8-9H2,1-4H3,(H,18,19). The Morgan fingerprint density at radius 2 is 2.00 bits per heavy atom. The van der Waals surface area contributed by atoms with E-state index in [1.165, 1.54) is 7.11 Å². The van der Waals surface area contributed by atoms with E-state index in [1.54, 1.807) is 18.2 Å². The molecule has 0 spiro atoms. The number of carbonyl (C=O) groups excluding carboxylic acids is 2. The molecule has 1 N–H and O–H groups in total. The molecule has 0 bridgehead atoms. The van der Waals surface area contributed by atoms with Gasteiger partial charge in [-0.05, 0) is 31.4 Å². The molecule has 0 aliphatic rings. The lowest BCUT2D eigenvalue weighted by Crippen LogP contribution is -2.44. The minimum atomic E-state index is -0.665. The number of halogens is 1. The number of hydrogen-bond donors (Lipinski definition) is 1. The predicted molar refractivity (Wildman–Crippen MR) is 85.1 cm³/mol. The Morgan fingerprint density at radius 1 is 1.32 bits per heavy atom. The van der Waals surface area contributed by atoms with E-state index in [9.17, 15) is 9.59 Å². The number of methoxy groups -OCH3 is 1. The zero-order valence-corrected chi connectivity index (χ0v) is 14.1. The Kier molecular flexibility index (Phi) is 7.18. The van der Waals surface area contributed by atoms with Gasteiger partial charge in [-0.2, -0.15) is 0 Å². The molecule has 1 amide bonds. The molecule has 6 heteroatoms. The van der Waals surface area contributed by atoms with Crippen LogP contribution in [-0.2, 0) is 14.3 Å². The van der Waals surface area contributed by atoms with Crippen molar-refractivity contribution >= 4 is 23.5 Å². The van der Waals surface area contributed by atoms with Gasteiger partial charge in [-0.15, -0.1) is 0 Å². The highest BCUT2D eigenvalue weighted by molar-refractivity contribution is 6.31. The molecule has 22 heavy (non-hydrogen) atoms. The quantitative estimate of drug-likeness (QED) is 0.782. The van der Waals surface area contributed by atoms with Crippen LogP contribution >= 0.6 is 11.6 Å². The molecule has 5 nitrogen and oxygen atoms in total. The summed E-state index contributed by atoms with van der Waals surface area (Å²) in [6.45, 7) is 5.56. The van der Waals surface area contributed by atoms with Crippen molar-refractivity contribution in [2.75, 3.05) is 13.7 Å². The lowest BCUT2D eigenvalue weighted by molar-refractivity contribution is -0.145. The van der Waals surface area contributed by atoms with Crippen LogP contribution in [-0.4, -0.2) is 31.6 Å². The molecule has 0 saturated carbocycles. The number of carbonyl (C=O) groups is 2. The van der Waals surface area contributed by atoms with Gasteiger partial charge in [-0.25, -0.2) is 4.79 Å². The van der Waals surface area contributed by atoms with Crippen molar-refractivity contribution in [2.45, 2.75) is 33.2 Å². The first-order valence-electron chi connectivity index (χ1n) is 7.10. The normalized spacial score (nSPS) is 11.9. The summed E-state index contributed by atoms with van der Waals surface area (Å²) in [6, 6.07) is 4.57. The highest BCUT2D eigenvalue weighted by Gasteiger charge is 2.22. The zero-order valence-electron chi connectivity index (χ0n) is 13.3. The summed E-state index contributed by atoms with van der Waals surface area (Å²) in [4.78, 5) is 23.6. The van der Waals surface area contributed by atoms with Gasteiger partial charge in [0.05, 0.1) is 7.11 Å². The van der Waals surface area contributed by atoms with Crippen LogP contribution in [0.15, 0.2) is 18.2 Å². The van der Waals surface area contributed by atoms with Crippen molar-refractivity contribution in [2.24, 2.45) is 5.92 Å². The first-order valence-corrected chi connectivity index (χ1v) is 7.48. The van der Waals surface area contributed by atoms with Crippen LogP contribution in [0.2, 0.25) is 5.02 Å². The maximum Gasteiger partial charge on any atom is 0.328 e. The first-order chi connectivity index (χ1) is 10.3. The Balaban J connectivity index is 2.60. The molecule has 0 heterocycles. The van der Waals surface area contributed by atoms with E-state index in [2.05, 4.69) is 5.32 Å². The van der Waals surface area contributed by atoms with E-state index in [1.807, 2.05) is 20.8 Å². The fourth-order valence-electron chi connectivity index (χ4n) is 1.95. The lowest BCUT2D eigenvalue weighted by Gasteiger charge is -2.18. The van der Waals surface area contributed by atoms with Gasteiger partial charge in [0.2, 0.25) is 0 Å². The summed E-state index contributed by atoms with van der Waals surface area (Å²) in [5.74, 6) is -0.0435. The van der Waals surface area contributed by atoms with Crippen molar-refractivity contribution in [3.05, 3.63) is 28.8 Å². The van der Waals surface area contributed by atoms with Crippen LogP contribution in [0.4, 0.5) is 0 Å². The fourth-order valence-corrected chi connectivity index (χ4v) is 2.12. The highest BCUT2D eigenvalue weighted by atomic mass is 35.5. The van der Waals surface area contributed by atoms with Crippen LogP contribution < -0.4 is 10.1 Å². The van der Waals surface area contributed by atoms with E-state index in [0.29, 0.717) is 17.2 Å². The van der Waals surface area contributed by atoms with Gasteiger partial charge in [0.15, 0.2) is 6.61 Å². The first kappa shape index (κ1) is 18.3. The van der Waals surface area contributed by atoms with Crippen molar-refractivity contribution in [3.8, 4) is 5.75 Å². The number of benzene rings is 1. The second-order valence-corrected chi connectivity index (χ2v) is 5.83. The minimum absolute atomic E-state index is 0.188. The summed E-state index contributed by atoms with van der Waals surface area (Å²) in [5.41, 5.74) is 0.767. The van der Waals surface area contributed by atoms with Gasteiger partial charge in [0.25, 0.3) is 5.91 Å². The van der Waals surface area contributed by atoms with E-state index in [4.69, 9.17) is 21.1 Å². The van der Waals surface area contributed by atoms with Crippen molar-refractivity contribution in [1.29, 1.82) is 0 Å². The largest absolute Gasteiger partial charge is 0.483 e. The average molecular weight is 328 g/mol. The average Bonchev–Trinajstić information content (AvgIpc) is 2.46. The van der Waals surface area contributed by atoms with Gasteiger partial charge in [-0.1, -0.05) is 31.5 Å². The molecule has 1 unspecified atom stereocenters. The maximum atomic E-state index is 11.9. The van der Waals surface area contributed by atoms with E-state index < -0.39 is 12.0 Å². The van der Waals surface area contributed by atoms with E-state index >= 15 is 0 Å². The number of amides is 1. The number of nitrogens with one attached hydrogen (secondary N) is 1. The SMILES string of the molecule is COC(=O)C(CC(C)C)NC(=O)COc1cccc(Cl)c1C. The summed E-state index contributed by atoms with van der Waals surface area (Å²) >= 11 is 5.99. The molecule has 1 aromatic rings. The van der Waals surface area contributed by atoms with Crippen molar-refractivity contribution < 1.29 is 19.1 Å².